The summed E-state index contributed by atoms with van der Waals surface area (Å²) in [4.78, 5) is 11.5. The minimum absolute atomic E-state index is 0. The summed E-state index contributed by atoms with van der Waals surface area (Å²) in [5.41, 5.74) is 4.00. The highest BCUT2D eigenvalue weighted by atomic mass is 35.5. The molecule has 0 radical (unpaired) electrons. The van der Waals surface area contributed by atoms with Gasteiger partial charge in [0.25, 0.3) is 0 Å². The number of phenols is 1. The van der Waals surface area contributed by atoms with Crippen molar-refractivity contribution in [2.45, 2.75) is 46.3 Å². The SMILES string of the molecule is CCOC(=O)COc1cc(C)c(CCN[C@@H](C)[C@H](O)c2ccc(O)cc2)cc1C.Cl. The summed E-state index contributed by atoms with van der Waals surface area (Å²) < 4.78 is 10.5. The number of hydrogen-bond acceptors (Lipinski definition) is 6. The summed E-state index contributed by atoms with van der Waals surface area (Å²) in [6.07, 6.45) is 0.148. The molecule has 0 fully saturated rings. The monoisotopic (exact) mass is 437 g/mol. The van der Waals surface area contributed by atoms with Gasteiger partial charge in [0.1, 0.15) is 11.5 Å². The van der Waals surface area contributed by atoms with E-state index in [1.807, 2.05) is 26.8 Å². The molecule has 0 saturated carbocycles. The van der Waals surface area contributed by atoms with Crippen LogP contribution in [0.2, 0.25) is 0 Å². The van der Waals surface area contributed by atoms with Crippen LogP contribution in [0.5, 0.6) is 11.5 Å². The molecule has 0 unspecified atom stereocenters. The van der Waals surface area contributed by atoms with Gasteiger partial charge in [-0.05, 0) is 81.1 Å². The van der Waals surface area contributed by atoms with E-state index in [-0.39, 0.29) is 36.8 Å². The van der Waals surface area contributed by atoms with Crippen molar-refractivity contribution in [2.75, 3.05) is 19.8 Å². The van der Waals surface area contributed by atoms with Gasteiger partial charge in [-0.25, -0.2) is 4.79 Å². The lowest BCUT2D eigenvalue weighted by Crippen LogP contribution is -2.33. The Kier molecular flexibility index (Phi) is 10.7. The van der Waals surface area contributed by atoms with E-state index >= 15 is 0 Å². The van der Waals surface area contributed by atoms with Crippen molar-refractivity contribution >= 4 is 18.4 Å². The van der Waals surface area contributed by atoms with Crippen LogP contribution in [0.4, 0.5) is 0 Å². The number of hydrogen-bond donors (Lipinski definition) is 3. The van der Waals surface area contributed by atoms with Gasteiger partial charge in [0.05, 0.1) is 12.7 Å². The normalized spacial score (nSPS) is 12.6. The third-order valence-electron chi connectivity index (χ3n) is 4.85. The van der Waals surface area contributed by atoms with Crippen LogP contribution in [0.3, 0.4) is 0 Å². The summed E-state index contributed by atoms with van der Waals surface area (Å²) >= 11 is 0. The number of carbonyl (C=O) groups excluding carboxylic acids is 1. The van der Waals surface area contributed by atoms with Gasteiger partial charge in [-0.15, -0.1) is 12.4 Å². The van der Waals surface area contributed by atoms with Crippen LogP contribution < -0.4 is 10.1 Å². The van der Waals surface area contributed by atoms with Crippen LogP contribution in [0.15, 0.2) is 36.4 Å². The molecule has 0 amide bonds. The molecule has 0 aliphatic rings. The first-order valence-electron chi connectivity index (χ1n) is 9.90. The Morgan fingerprint density at radius 1 is 1.13 bits per heavy atom. The molecule has 6 nitrogen and oxygen atoms in total. The molecule has 7 heteroatoms. The lowest BCUT2D eigenvalue weighted by atomic mass is 10.0. The van der Waals surface area contributed by atoms with Gasteiger partial charge < -0.3 is 25.0 Å². The molecule has 2 aromatic rings. The number of ether oxygens (including phenoxy) is 2. The lowest BCUT2D eigenvalue weighted by Gasteiger charge is -2.21. The van der Waals surface area contributed by atoms with Crippen molar-refractivity contribution in [1.82, 2.24) is 5.32 Å². The third kappa shape index (κ3) is 7.52. The van der Waals surface area contributed by atoms with E-state index < -0.39 is 6.10 Å². The Morgan fingerprint density at radius 3 is 2.43 bits per heavy atom. The number of aromatic hydroxyl groups is 1. The van der Waals surface area contributed by atoms with Crippen molar-refractivity contribution in [3.63, 3.8) is 0 Å². The maximum atomic E-state index is 11.5. The van der Waals surface area contributed by atoms with E-state index in [9.17, 15) is 15.0 Å². The second-order valence-corrected chi connectivity index (χ2v) is 7.17. The van der Waals surface area contributed by atoms with E-state index in [0.717, 1.165) is 23.1 Å². The zero-order chi connectivity index (χ0) is 21.4. The molecule has 0 aromatic heterocycles. The first kappa shape index (κ1) is 25.8. The van der Waals surface area contributed by atoms with Gasteiger partial charge in [-0.2, -0.15) is 0 Å². The van der Waals surface area contributed by atoms with Crippen molar-refractivity contribution in [3.8, 4) is 11.5 Å². The Bertz CT molecular complexity index is 810. The number of benzene rings is 2. The van der Waals surface area contributed by atoms with Crippen molar-refractivity contribution < 1.29 is 24.5 Å². The van der Waals surface area contributed by atoms with Crippen LogP contribution in [0.1, 0.15) is 42.2 Å². The van der Waals surface area contributed by atoms with E-state index in [1.165, 1.54) is 5.56 Å². The molecule has 2 rings (SSSR count). The quantitative estimate of drug-likeness (QED) is 0.492. The number of aliphatic hydroxyl groups is 1. The number of aryl methyl sites for hydroxylation is 2. The predicted octanol–water partition coefficient (Wildman–Crippen LogP) is 3.63. The second-order valence-electron chi connectivity index (χ2n) is 7.17. The second kappa shape index (κ2) is 12.4. The van der Waals surface area contributed by atoms with Crippen LogP contribution in [0, 0.1) is 13.8 Å². The Hall–Kier alpha value is -2.28. The van der Waals surface area contributed by atoms with Crippen LogP contribution in [-0.2, 0) is 16.0 Å². The highest BCUT2D eigenvalue weighted by molar-refractivity contribution is 5.85. The number of halogens is 1. The molecule has 2 atom stereocenters. The summed E-state index contributed by atoms with van der Waals surface area (Å²) in [5.74, 6) is 0.490. The molecule has 0 spiro atoms. The summed E-state index contributed by atoms with van der Waals surface area (Å²) in [7, 11) is 0. The third-order valence-corrected chi connectivity index (χ3v) is 4.85. The zero-order valence-corrected chi connectivity index (χ0v) is 18.8. The average molecular weight is 438 g/mol. The van der Waals surface area contributed by atoms with E-state index in [4.69, 9.17) is 9.47 Å². The first-order chi connectivity index (χ1) is 13.8. The fraction of sp³-hybridized carbons (Fsp3) is 0.435. The molecule has 30 heavy (non-hydrogen) atoms. The van der Waals surface area contributed by atoms with Gasteiger partial charge >= 0.3 is 5.97 Å². The number of nitrogens with one attached hydrogen (secondary N) is 1. The minimum Gasteiger partial charge on any atom is -0.508 e. The number of rotatable bonds is 10. The Morgan fingerprint density at radius 2 is 1.80 bits per heavy atom. The zero-order valence-electron chi connectivity index (χ0n) is 18.0. The van der Waals surface area contributed by atoms with E-state index in [1.54, 1.807) is 31.2 Å². The van der Waals surface area contributed by atoms with Crippen molar-refractivity contribution in [1.29, 1.82) is 0 Å². The highest BCUT2D eigenvalue weighted by Crippen LogP contribution is 2.24. The smallest absolute Gasteiger partial charge is 0.344 e. The fourth-order valence-corrected chi connectivity index (χ4v) is 3.12. The maximum absolute atomic E-state index is 11.5. The standard InChI is InChI=1S/C23H31NO5.ClH/c1-5-28-22(26)14-29-21-13-15(2)19(12-16(21)3)10-11-24-17(4)23(27)18-6-8-20(25)9-7-18;/h6-9,12-13,17,23-25,27H,5,10-11,14H2,1-4H3;1H/t17-,23-;/m0./s1. The van der Waals surface area contributed by atoms with Gasteiger partial charge in [-0.3, -0.25) is 0 Å². The number of aliphatic hydroxyl groups excluding tert-OH is 1. The predicted molar refractivity (Wildman–Crippen MR) is 120 cm³/mol. The van der Waals surface area contributed by atoms with Gasteiger partial charge in [0.2, 0.25) is 0 Å². The lowest BCUT2D eigenvalue weighted by molar-refractivity contribution is -0.145. The summed E-state index contributed by atoms with van der Waals surface area (Å²) in [6.45, 7) is 8.62. The van der Waals surface area contributed by atoms with Crippen LogP contribution >= 0.6 is 12.4 Å². The average Bonchev–Trinajstić information content (AvgIpc) is 2.69. The first-order valence-corrected chi connectivity index (χ1v) is 9.90. The molecule has 166 valence electrons. The van der Waals surface area contributed by atoms with Gasteiger partial charge in [-0.1, -0.05) is 18.2 Å². The Labute approximate surface area is 184 Å². The molecule has 2 aromatic carbocycles. The van der Waals surface area contributed by atoms with Crippen LogP contribution in [-0.4, -0.2) is 42.0 Å². The topological polar surface area (TPSA) is 88.0 Å². The van der Waals surface area contributed by atoms with Crippen molar-refractivity contribution in [2.24, 2.45) is 0 Å². The molecule has 3 N–H and O–H groups in total. The fourth-order valence-electron chi connectivity index (χ4n) is 3.12. The van der Waals surface area contributed by atoms with Crippen LogP contribution in [0.25, 0.3) is 0 Å². The maximum Gasteiger partial charge on any atom is 0.344 e. The minimum atomic E-state index is -0.655. The number of phenolic OH excluding ortho intramolecular Hbond substituents is 1. The summed E-state index contributed by atoms with van der Waals surface area (Å²) in [6, 6.07) is 10.5. The molecule has 0 heterocycles. The molecular weight excluding hydrogens is 406 g/mol. The molecular formula is C23H32ClNO5. The molecule has 0 bridgehead atoms. The Balaban J connectivity index is 0.00000450. The number of esters is 1. The summed E-state index contributed by atoms with van der Waals surface area (Å²) in [5, 5.41) is 23.2. The highest BCUT2D eigenvalue weighted by Gasteiger charge is 2.16. The van der Waals surface area contributed by atoms with Gasteiger partial charge in [0, 0.05) is 6.04 Å². The van der Waals surface area contributed by atoms with E-state index in [2.05, 4.69) is 11.4 Å². The molecule has 0 aliphatic carbocycles. The largest absolute Gasteiger partial charge is 0.508 e. The van der Waals surface area contributed by atoms with E-state index in [0.29, 0.717) is 18.9 Å². The molecule has 0 aliphatic heterocycles. The van der Waals surface area contributed by atoms with Crippen molar-refractivity contribution in [3.05, 3.63) is 58.7 Å². The molecule has 0 saturated heterocycles. The van der Waals surface area contributed by atoms with Gasteiger partial charge in [0.15, 0.2) is 6.61 Å². The number of carbonyl (C=O) groups is 1.